The highest BCUT2D eigenvalue weighted by Gasteiger charge is 2.10. The summed E-state index contributed by atoms with van der Waals surface area (Å²) >= 11 is 0. The van der Waals surface area contributed by atoms with Crippen LogP contribution in [-0.2, 0) is 4.74 Å². The summed E-state index contributed by atoms with van der Waals surface area (Å²) in [5.41, 5.74) is 0.564. The van der Waals surface area contributed by atoms with E-state index in [4.69, 9.17) is 9.47 Å². The Kier molecular flexibility index (Phi) is 5.53. The van der Waals surface area contributed by atoms with Gasteiger partial charge < -0.3 is 9.47 Å². The second-order valence-corrected chi connectivity index (χ2v) is 4.00. The molecule has 0 N–H and O–H groups in total. The van der Waals surface area contributed by atoms with E-state index >= 15 is 0 Å². The van der Waals surface area contributed by atoms with E-state index in [9.17, 15) is 4.79 Å². The molecule has 0 heterocycles. The summed E-state index contributed by atoms with van der Waals surface area (Å²) in [6.45, 7) is 6.62. The first-order valence-corrected chi connectivity index (χ1v) is 6.11. The maximum atomic E-state index is 11.7. The molecule has 0 aliphatic carbocycles. The number of benzene rings is 1. The first-order valence-electron chi connectivity index (χ1n) is 6.11. The molecule has 0 spiro atoms. The molecule has 1 aromatic rings. The molecule has 17 heavy (non-hydrogen) atoms. The Morgan fingerprint density at radius 1 is 1.24 bits per heavy atom. The molecule has 0 radical (unpaired) electrons. The fourth-order valence-corrected chi connectivity index (χ4v) is 1.24. The minimum Gasteiger partial charge on any atom is -0.494 e. The van der Waals surface area contributed by atoms with Crippen LogP contribution >= 0.6 is 0 Å². The molecule has 1 unspecified atom stereocenters. The normalized spacial score (nSPS) is 11.9. The summed E-state index contributed by atoms with van der Waals surface area (Å²) in [5, 5.41) is 0. The number of carbonyl (C=O) groups is 1. The smallest absolute Gasteiger partial charge is 0.338 e. The van der Waals surface area contributed by atoms with Crippen molar-refractivity contribution in [1.29, 1.82) is 0 Å². The van der Waals surface area contributed by atoms with Gasteiger partial charge in [-0.1, -0.05) is 13.8 Å². The minimum atomic E-state index is -0.276. The van der Waals surface area contributed by atoms with E-state index in [1.807, 2.05) is 13.8 Å². The van der Waals surface area contributed by atoms with Gasteiger partial charge >= 0.3 is 5.97 Å². The molecule has 1 aromatic carbocycles. The van der Waals surface area contributed by atoms with Crippen LogP contribution in [0.2, 0.25) is 0 Å². The molecule has 0 saturated carbocycles. The summed E-state index contributed by atoms with van der Waals surface area (Å²) in [4.78, 5) is 11.7. The summed E-state index contributed by atoms with van der Waals surface area (Å²) < 4.78 is 10.7. The second-order valence-electron chi connectivity index (χ2n) is 4.00. The van der Waals surface area contributed by atoms with Gasteiger partial charge in [0.15, 0.2) is 0 Å². The van der Waals surface area contributed by atoms with Crippen molar-refractivity contribution in [2.45, 2.75) is 39.7 Å². The van der Waals surface area contributed by atoms with Crippen LogP contribution in [0, 0.1) is 0 Å². The fraction of sp³-hybridized carbons (Fsp3) is 0.500. The molecule has 3 heteroatoms. The molecule has 0 aromatic heterocycles. The lowest BCUT2D eigenvalue weighted by Gasteiger charge is -2.11. The zero-order chi connectivity index (χ0) is 12.7. The van der Waals surface area contributed by atoms with Crippen LogP contribution in [0.25, 0.3) is 0 Å². The molecule has 94 valence electrons. The number of carbonyl (C=O) groups excluding carboxylic acids is 1. The molecule has 1 atom stereocenters. The SMILES string of the molecule is CCCOc1ccc(C(=O)OC(C)CC)cc1. The third-order valence-corrected chi connectivity index (χ3v) is 2.45. The third kappa shape index (κ3) is 4.47. The van der Waals surface area contributed by atoms with E-state index in [-0.39, 0.29) is 12.1 Å². The summed E-state index contributed by atoms with van der Waals surface area (Å²) in [6, 6.07) is 7.05. The highest BCUT2D eigenvalue weighted by atomic mass is 16.5. The second kappa shape index (κ2) is 6.94. The predicted molar refractivity (Wildman–Crippen MR) is 67.4 cm³/mol. The summed E-state index contributed by atoms with van der Waals surface area (Å²) in [5.74, 6) is 0.508. The van der Waals surface area contributed by atoms with Crippen molar-refractivity contribution < 1.29 is 14.3 Å². The van der Waals surface area contributed by atoms with E-state index < -0.39 is 0 Å². The topological polar surface area (TPSA) is 35.5 Å². The van der Waals surface area contributed by atoms with E-state index in [0.29, 0.717) is 12.2 Å². The molecule has 0 fully saturated rings. The number of hydrogen-bond acceptors (Lipinski definition) is 3. The lowest BCUT2D eigenvalue weighted by Crippen LogP contribution is -2.13. The zero-order valence-corrected chi connectivity index (χ0v) is 10.7. The number of rotatable bonds is 6. The van der Waals surface area contributed by atoms with Gasteiger partial charge in [-0.05, 0) is 44.0 Å². The van der Waals surface area contributed by atoms with Crippen LogP contribution in [0.15, 0.2) is 24.3 Å². The molecular formula is C14H20O3. The largest absolute Gasteiger partial charge is 0.494 e. The van der Waals surface area contributed by atoms with Crippen LogP contribution in [-0.4, -0.2) is 18.7 Å². The fourth-order valence-electron chi connectivity index (χ4n) is 1.24. The van der Waals surface area contributed by atoms with Crippen LogP contribution in [0.1, 0.15) is 44.0 Å². The van der Waals surface area contributed by atoms with E-state index in [2.05, 4.69) is 6.92 Å². The average Bonchev–Trinajstić information content (AvgIpc) is 2.36. The van der Waals surface area contributed by atoms with Crippen molar-refractivity contribution in [1.82, 2.24) is 0 Å². The first kappa shape index (κ1) is 13.6. The Balaban J connectivity index is 2.57. The molecule has 0 saturated heterocycles. The molecule has 0 bridgehead atoms. The molecule has 0 aliphatic rings. The van der Waals surface area contributed by atoms with Gasteiger partial charge in [0.05, 0.1) is 18.3 Å². The van der Waals surface area contributed by atoms with Gasteiger partial charge in [0.25, 0.3) is 0 Å². The third-order valence-electron chi connectivity index (χ3n) is 2.45. The van der Waals surface area contributed by atoms with Crippen molar-refractivity contribution in [3.63, 3.8) is 0 Å². The van der Waals surface area contributed by atoms with Gasteiger partial charge in [-0.3, -0.25) is 0 Å². The molecular weight excluding hydrogens is 216 g/mol. The summed E-state index contributed by atoms with van der Waals surface area (Å²) in [7, 11) is 0. The van der Waals surface area contributed by atoms with Crippen molar-refractivity contribution in [3.05, 3.63) is 29.8 Å². The number of esters is 1. The van der Waals surface area contributed by atoms with Crippen LogP contribution in [0.4, 0.5) is 0 Å². The minimum absolute atomic E-state index is 0.0430. The van der Waals surface area contributed by atoms with Crippen molar-refractivity contribution in [2.75, 3.05) is 6.61 Å². The lowest BCUT2D eigenvalue weighted by atomic mass is 10.2. The summed E-state index contributed by atoms with van der Waals surface area (Å²) in [6.07, 6.45) is 1.75. The Hall–Kier alpha value is -1.51. The molecule has 3 nitrogen and oxygen atoms in total. The Morgan fingerprint density at radius 3 is 2.41 bits per heavy atom. The first-order chi connectivity index (χ1) is 8.17. The van der Waals surface area contributed by atoms with Crippen molar-refractivity contribution in [3.8, 4) is 5.75 Å². The lowest BCUT2D eigenvalue weighted by molar-refractivity contribution is 0.0334. The van der Waals surface area contributed by atoms with Gasteiger partial charge in [0, 0.05) is 0 Å². The molecule has 0 aliphatic heterocycles. The van der Waals surface area contributed by atoms with E-state index in [1.54, 1.807) is 24.3 Å². The Morgan fingerprint density at radius 2 is 1.88 bits per heavy atom. The monoisotopic (exact) mass is 236 g/mol. The van der Waals surface area contributed by atoms with Gasteiger partial charge in [0.2, 0.25) is 0 Å². The Bertz CT molecular complexity index is 343. The maximum absolute atomic E-state index is 11.7. The predicted octanol–water partition coefficient (Wildman–Crippen LogP) is 3.43. The van der Waals surface area contributed by atoms with E-state index in [1.165, 1.54) is 0 Å². The molecule has 0 amide bonds. The van der Waals surface area contributed by atoms with E-state index in [0.717, 1.165) is 18.6 Å². The Labute approximate surface area is 103 Å². The van der Waals surface area contributed by atoms with Gasteiger partial charge in [-0.2, -0.15) is 0 Å². The van der Waals surface area contributed by atoms with Gasteiger partial charge in [0.1, 0.15) is 5.75 Å². The standard InChI is InChI=1S/C14H20O3/c1-4-10-16-13-8-6-12(7-9-13)14(15)17-11(3)5-2/h6-9,11H,4-5,10H2,1-3H3. The van der Waals surface area contributed by atoms with Crippen molar-refractivity contribution >= 4 is 5.97 Å². The van der Waals surface area contributed by atoms with Crippen LogP contribution < -0.4 is 4.74 Å². The zero-order valence-electron chi connectivity index (χ0n) is 10.7. The van der Waals surface area contributed by atoms with Crippen LogP contribution in [0.5, 0.6) is 5.75 Å². The molecule has 1 rings (SSSR count). The number of hydrogen-bond donors (Lipinski definition) is 0. The quantitative estimate of drug-likeness (QED) is 0.710. The maximum Gasteiger partial charge on any atom is 0.338 e. The van der Waals surface area contributed by atoms with Crippen molar-refractivity contribution in [2.24, 2.45) is 0 Å². The average molecular weight is 236 g/mol. The highest BCUT2D eigenvalue weighted by Crippen LogP contribution is 2.14. The highest BCUT2D eigenvalue weighted by molar-refractivity contribution is 5.89. The van der Waals surface area contributed by atoms with Crippen LogP contribution in [0.3, 0.4) is 0 Å². The number of ether oxygens (including phenoxy) is 2. The van der Waals surface area contributed by atoms with Gasteiger partial charge in [-0.15, -0.1) is 0 Å². The van der Waals surface area contributed by atoms with Gasteiger partial charge in [-0.25, -0.2) is 4.79 Å².